The number of nitrogens with zero attached hydrogens (tertiary/aromatic N) is 3. The first kappa shape index (κ1) is 16.5. The standard InChI is InChI=1S/C21H21N3O2/c1-15-9-11-24-19(12-15)22-13-18(21(24)26)20(25)23-10-5-8-17(14-23)16-6-3-2-4-7-16/h2-4,6-7,9,11-13,17H,5,8,10,14H2,1H3/t17-/m1/s1. The van der Waals surface area contributed by atoms with Crippen LogP contribution in [0.4, 0.5) is 0 Å². The summed E-state index contributed by atoms with van der Waals surface area (Å²) in [6.07, 6.45) is 5.10. The molecular formula is C21H21N3O2. The van der Waals surface area contributed by atoms with Gasteiger partial charge in [0.05, 0.1) is 0 Å². The van der Waals surface area contributed by atoms with E-state index in [4.69, 9.17) is 0 Å². The number of benzene rings is 1. The lowest BCUT2D eigenvalue weighted by Crippen LogP contribution is -2.41. The van der Waals surface area contributed by atoms with Gasteiger partial charge in [-0.1, -0.05) is 30.3 Å². The van der Waals surface area contributed by atoms with Crippen LogP contribution in [-0.2, 0) is 0 Å². The zero-order chi connectivity index (χ0) is 18.1. The monoisotopic (exact) mass is 347 g/mol. The van der Waals surface area contributed by atoms with E-state index in [1.165, 1.54) is 16.2 Å². The molecule has 26 heavy (non-hydrogen) atoms. The third-order valence-corrected chi connectivity index (χ3v) is 5.08. The number of likely N-dealkylation sites (tertiary alicyclic amines) is 1. The summed E-state index contributed by atoms with van der Waals surface area (Å²) in [6, 6.07) is 13.9. The number of aryl methyl sites for hydroxylation is 1. The Labute approximate surface area is 151 Å². The van der Waals surface area contributed by atoms with Crippen molar-refractivity contribution in [2.45, 2.75) is 25.7 Å². The third-order valence-electron chi connectivity index (χ3n) is 5.08. The lowest BCUT2D eigenvalue weighted by molar-refractivity contribution is 0.0704. The summed E-state index contributed by atoms with van der Waals surface area (Å²) in [5.41, 5.74) is 2.67. The van der Waals surface area contributed by atoms with E-state index >= 15 is 0 Å². The lowest BCUT2D eigenvalue weighted by Gasteiger charge is -2.33. The SMILES string of the molecule is Cc1ccn2c(=O)c(C(=O)N3CCC[C@@H](c4ccccc4)C3)cnc2c1. The fourth-order valence-electron chi connectivity index (χ4n) is 3.65. The molecule has 0 N–H and O–H groups in total. The summed E-state index contributed by atoms with van der Waals surface area (Å²) in [6.45, 7) is 3.26. The Bertz CT molecular complexity index is 1010. The molecule has 132 valence electrons. The van der Waals surface area contributed by atoms with Crippen LogP contribution in [0.15, 0.2) is 59.7 Å². The molecule has 1 atom stereocenters. The number of piperidine rings is 1. The van der Waals surface area contributed by atoms with E-state index in [1.54, 1.807) is 11.1 Å². The number of pyridine rings is 1. The van der Waals surface area contributed by atoms with Gasteiger partial charge >= 0.3 is 0 Å². The van der Waals surface area contributed by atoms with Gasteiger partial charge in [-0.25, -0.2) is 4.98 Å². The summed E-state index contributed by atoms with van der Waals surface area (Å²) in [5.74, 6) is 0.0887. The summed E-state index contributed by atoms with van der Waals surface area (Å²) in [7, 11) is 0. The number of aromatic nitrogens is 2. The number of carbonyl (C=O) groups excluding carboxylic acids is 1. The van der Waals surface area contributed by atoms with Crippen molar-refractivity contribution in [1.29, 1.82) is 0 Å². The highest BCUT2D eigenvalue weighted by atomic mass is 16.2. The molecule has 1 amide bonds. The topological polar surface area (TPSA) is 54.7 Å². The maximum Gasteiger partial charge on any atom is 0.270 e. The molecule has 3 aromatic rings. The Morgan fingerprint density at radius 1 is 1.19 bits per heavy atom. The van der Waals surface area contributed by atoms with E-state index in [0.29, 0.717) is 24.7 Å². The van der Waals surface area contributed by atoms with Gasteiger partial charge in [0, 0.05) is 31.4 Å². The van der Waals surface area contributed by atoms with E-state index in [2.05, 4.69) is 17.1 Å². The van der Waals surface area contributed by atoms with E-state index in [0.717, 1.165) is 18.4 Å². The van der Waals surface area contributed by atoms with Crippen LogP contribution in [0, 0.1) is 6.92 Å². The van der Waals surface area contributed by atoms with E-state index < -0.39 is 0 Å². The fourth-order valence-corrected chi connectivity index (χ4v) is 3.65. The molecule has 0 unspecified atom stereocenters. The van der Waals surface area contributed by atoms with Gasteiger partial charge in [0.2, 0.25) is 0 Å². The molecule has 1 fully saturated rings. The van der Waals surface area contributed by atoms with Crippen molar-refractivity contribution < 1.29 is 4.79 Å². The van der Waals surface area contributed by atoms with Gasteiger partial charge < -0.3 is 4.90 Å². The van der Waals surface area contributed by atoms with Gasteiger partial charge in [0.1, 0.15) is 11.2 Å². The Balaban J connectivity index is 1.63. The first-order valence-electron chi connectivity index (χ1n) is 8.96. The first-order valence-corrected chi connectivity index (χ1v) is 8.96. The van der Waals surface area contributed by atoms with Crippen molar-refractivity contribution in [3.63, 3.8) is 0 Å². The van der Waals surface area contributed by atoms with Crippen LogP contribution in [-0.4, -0.2) is 33.3 Å². The predicted octanol–water partition coefficient (Wildman–Crippen LogP) is 3.02. The molecule has 0 aliphatic carbocycles. The molecule has 5 nitrogen and oxygen atoms in total. The summed E-state index contributed by atoms with van der Waals surface area (Å²) in [4.78, 5) is 31.8. The minimum Gasteiger partial charge on any atom is -0.338 e. The number of rotatable bonds is 2. The molecule has 0 spiro atoms. The summed E-state index contributed by atoms with van der Waals surface area (Å²) in [5, 5.41) is 0. The third kappa shape index (κ3) is 3.01. The molecule has 0 saturated carbocycles. The molecule has 1 aliphatic rings. The maximum atomic E-state index is 13.0. The van der Waals surface area contributed by atoms with Crippen molar-refractivity contribution in [3.8, 4) is 0 Å². The lowest BCUT2D eigenvalue weighted by atomic mass is 9.90. The smallest absolute Gasteiger partial charge is 0.270 e. The van der Waals surface area contributed by atoms with Crippen LogP contribution in [0.1, 0.15) is 40.2 Å². The molecular weight excluding hydrogens is 326 g/mol. The second kappa shape index (κ2) is 6.75. The largest absolute Gasteiger partial charge is 0.338 e. The number of carbonyl (C=O) groups is 1. The van der Waals surface area contributed by atoms with Crippen molar-refractivity contribution in [2.75, 3.05) is 13.1 Å². The molecule has 3 heterocycles. The van der Waals surface area contributed by atoms with E-state index in [9.17, 15) is 9.59 Å². The molecule has 1 aromatic carbocycles. The molecule has 1 aliphatic heterocycles. The van der Waals surface area contributed by atoms with Crippen LogP contribution in [0.25, 0.3) is 5.65 Å². The van der Waals surface area contributed by atoms with Crippen LogP contribution in [0.5, 0.6) is 0 Å². The van der Waals surface area contributed by atoms with E-state index in [1.807, 2.05) is 37.3 Å². The van der Waals surface area contributed by atoms with Crippen molar-refractivity contribution >= 4 is 11.6 Å². The Kier molecular flexibility index (Phi) is 4.29. The highest BCUT2D eigenvalue weighted by Gasteiger charge is 2.27. The van der Waals surface area contributed by atoms with E-state index in [-0.39, 0.29) is 17.0 Å². The Hall–Kier alpha value is -2.95. The van der Waals surface area contributed by atoms with Crippen LogP contribution in [0.3, 0.4) is 0 Å². The van der Waals surface area contributed by atoms with Crippen molar-refractivity contribution in [1.82, 2.24) is 14.3 Å². The quantitative estimate of drug-likeness (QED) is 0.716. The van der Waals surface area contributed by atoms with Crippen LogP contribution < -0.4 is 5.56 Å². The van der Waals surface area contributed by atoms with Gasteiger partial charge in [0.15, 0.2) is 0 Å². The zero-order valence-electron chi connectivity index (χ0n) is 14.8. The average Bonchev–Trinajstić information content (AvgIpc) is 2.68. The summed E-state index contributed by atoms with van der Waals surface area (Å²) >= 11 is 0. The highest BCUT2D eigenvalue weighted by Crippen LogP contribution is 2.27. The van der Waals surface area contributed by atoms with Gasteiger partial charge in [-0.3, -0.25) is 14.0 Å². The second-order valence-corrected chi connectivity index (χ2v) is 6.91. The average molecular weight is 347 g/mol. The van der Waals surface area contributed by atoms with Gasteiger partial charge in [-0.05, 0) is 43.0 Å². The second-order valence-electron chi connectivity index (χ2n) is 6.91. The predicted molar refractivity (Wildman–Crippen MR) is 101 cm³/mol. The molecule has 1 saturated heterocycles. The number of hydrogen-bond donors (Lipinski definition) is 0. The van der Waals surface area contributed by atoms with Gasteiger partial charge in [-0.15, -0.1) is 0 Å². The zero-order valence-corrected chi connectivity index (χ0v) is 14.8. The molecule has 5 heteroatoms. The van der Waals surface area contributed by atoms with Crippen LogP contribution in [0.2, 0.25) is 0 Å². The number of hydrogen-bond acceptors (Lipinski definition) is 3. The number of fused-ring (bicyclic) bond motifs is 1. The summed E-state index contributed by atoms with van der Waals surface area (Å²) < 4.78 is 1.44. The first-order chi connectivity index (χ1) is 12.6. The Morgan fingerprint density at radius 2 is 2.00 bits per heavy atom. The van der Waals surface area contributed by atoms with Gasteiger partial charge in [-0.2, -0.15) is 0 Å². The maximum absolute atomic E-state index is 13.0. The molecule has 0 radical (unpaired) electrons. The Morgan fingerprint density at radius 3 is 2.81 bits per heavy atom. The minimum absolute atomic E-state index is 0.139. The molecule has 4 rings (SSSR count). The highest BCUT2D eigenvalue weighted by molar-refractivity contribution is 5.93. The fraction of sp³-hybridized carbons (Fsp3) is 0.286. The normalized spacial score (nSPS) is 17.4. The van der Waals surface area contributed by atoms with Crippen LogP contribution >= 0.6 is 0 Å². The van der Waals surface area contributed by atoms with Crippen molar-refractivity contribution in [2.24, 2.45) is 0 Å². The number of amides is 1. The van der Waals surface area contributed by atoms with Crippen molar-refractivity contribution in [3.05, 3.63) is 81.9 Å². The molecule has 2 aromatic heterocycles. The van der Waals surface area contributed by atoms with Gasteiger partial charge in [0.25, 0.3) is 11.5 Å². The molecule has 0 bridgehead atoms. The minimum atomic E-state index is -0.304.